The van der Waals surface area contributed by atoms with Gasteiger partial charge in [0.1, 0.15) is 0 Å². The van der Waals surface area contributed by atoms with Crippen LogP contribution in [0.15, 0.2) is 24.3 Å². The molecule has 5 nitrogen and oxygen atoms in total. The fraction of sp³-hybridized carbons (Fsp3) is 0.429. The van der Waals surface area contributed by atoms with Gasteiger partial charge in [0.2, 0.25) is 5.91 Å². The topological polar surface area (TPSA) is 66.8 Å². The molecule has 0 bridgehead atoms. The third kappa shape index (κ3) is 3.32. The van der Waals surface area contributed by atoms with Gasteiger partial charge in [0.15, 0.2) is 0 Å². The van der Waals surface area contributed by atoms with Gasteiger partial charge in [0.25, 0.3) is 0 Å². The van der Waals surface area contributed by atoms with Crippen LogP contribution in [0.4, 0.5) is 0 Å². The van der Waals surface area contributed by atoms with Crippen LogP contribution < -0.4 is 0 Å². The van der Waals surface area contributed by atoms with Gasteiger partial charge in [-0.3, -0.25) is 4.79 Å². The Morgan fingerprint density at radius 1 is 1.47 bits per heavy atom. The Kier molecular flexibility index (Phi) is 4.16. The van der Waals surface area contributed by atoms with Crippen molar-refractivity contribution >= 4 is 11.9 Å². The Morgan fingerprint density at radius 3 is 2.95 bits per heavy atom. The van der Waals surface area contributed by atoms with Crippen molar-refractivity contribution in [3.05, 3.63) is 35.4 Å². The minimum Gasteiger partial charge on any atom is -0.478 e. The molecule has 19 heavy (non-hydrogen) atoms. The number of carboxylic acid groups (broad SMARTS) is 1. The van der Waals surface area contributed by atoms with E-state index in [-0.39, 0.29) is 23.9 Å². The highest BCUT2D eigenvalue weighted by atomic mass is 16.5. The van der Waals surface area contributed by atoms with Gasteiger partial charge >= 0.3 is 5.97 Å². The van der Waals surface area contributed by atoms with Gasteiger partial charge in [-0.25, -0.2) is 4.79 Å². The molecule has 1 heterocycles. The number of morpholine rings is 1. The maximum absolute atomic E-state index is 12.2. The molecule has 0 spiro atoms. The highest BCUT2D eigenvalue weighted by Crippen LogP contribution is 2.11. The summed E-state index contributed by atoms with van der Waals surface area (Å²) in [5.41, 5.74) is 0.934. The van der Waals surface area contributed by atoms with Crippen LogP contribution in [0.25, 0.3) is 0 Å². The Morgan fingerprint density at radius 2 is 2.26 bits per heavy atom. The summed E-state index contributed by atoms with van der Waals surface area (Å²) < 4.78 is 5.29. The predicted octanol–water partition coefficient (Wildman–Crippen LogP) is 1.17. The largest absolute Gasteiger partial charge is 0.478 e. The van der Waals surface area contributed by atoms with E-state index in [1.165, 1.54) is 6.07 Å². The van der Waals surface area contributed by atoms with Crippen molar-refractivity contribution in [1.29, 1.82) is 0 Å². The monoisotopic (exact) mass is 263 g/mol. The van der Waals surface area contributed by atoms with Crippen molar-refractivity contribution < 1.29 is 19.4 Å². The predicted molar refractivity (Wildman–Crippen MR) is 69.1 cm³/mol. The van der Waals surface area contributed by atoms with Crippen LogP contribution in [0.5, 0.6) is 0 Å². The number of nitrogens with zero attached hydrogens (tertiary/aromatic N) is 1. The van der Waals surface area contributed by atoms with Crippen LogP contribution in [0.2, 0.25) is 0 Å². The molecule has 1 aromatic rings. The zero-order valence-electron chi connectivity index (χ0n) is 10.8. The van der Waals surface area contributed by atoms with Gasteiger partial charge in [-0.15, -0.1) is 0 Å². The Hall–Kier alpha value is -1.88. The van der Waals surface area contributed by atoms with E-state index in [0.29, 0.717) is 19.8 Å². The number of aromatic carboxylic acids is 1. The van der Waals surface area contributed by atoms with Gasteiger partial charge in [-0.1, -0.05) is 12.1 Å². The number of carboxylic acids is 1. The second-order valence-corrected chi connectivity index (χ2v) is 4.69. The highest BCUT2D eigenvalue weighted by Gasteiger charge is 2.23. The first-order valence-corrected chi connectivity index (χ1v) is 6.27. The molecule has 2 rings (SSSR count). The summed E-state index contributed by atoms with van der Waals surface area (Å²) in [4.78, 5) is 24.9. The molecule has 1 saturated heterocycles. The molecular weight excluding hydrogens is 246 g/mol. The van der Waals surface area contributed by atoms with Crippen molar-refractivity contribution in [2.24, 2.45) is 0 Å². The third-order valence-corrected chi connectivity index (χ3v) is 3.22. The summed E-state index contributed by atoms with van der Waals surface area (Å²) in [5, 5.41) is 8.92. The minimum absolute atomic E-state index is 0.0124. The zero-order chi connectivity index (χ0) is 13.8. The van der Waals surface area contributed by atoms with E-state index in [4.69, 9.17) is 9.84 Å². The number of carbonyl (C=O) groups excluding carboxylic acids is 1. The Labute approximate surface area is 111 Å². The van der Waals surface area contributed by atoms with Crippen LogP contribution in [0, 0.1) is 0 Å². The number of benzene rings is 1. The fourth-order valence-electron chi connectivity index (χ4n) is 2.19. The molecule has 1 unspecified atom stereocenters. The number of amides is 1. The van der Waals surface area contributed by atoms with Crippen LogP contribution >= 0.6 is 0 Å². The first kappa shape index (κ1) is 13.5. The molecule has 1 aliphatic rings. The van der Waals surface area contributed by atoms with Gasteiger partial charge in [-0.2, -0.15) is 0 Å². The van der Waals surface area contributed by atoms with Gasteiger partial charge < -0.3 is 14.7 Å². The summed E-state index contributed by atoms with van der Waals surface area (Å²) >= 11 is 0. The number of ether oxygens (including phenoxy) is 1. The standard InChI is InChI=1S/C14H17NO4/c1-10-9-19-6-5-15(10)13(16)8-11-3-2-4-12(7-11)14(17)18/h2-4,7,10H,5-6,8-9H2,1H3,(H,17,18). The van der Waals surface area contributed by atoms with Crippen LogP contribution in [0.3, 0.4) is 0 Å². The molecule has 1 atom stereocenters. The molecule has 1 aromatic carbocycles. The lowest BCUT2D eigenvalue weighted by Crippen LogP contribution is -2.47. The quantitative estimate of drug-likeness (QED) is 0.889. The van der Waals surface area contributed by atoms with E-state index in [0.717, 1.165) is 5.56 Å². The Bertz CT molecular complexity index is 486. The van der Waals surface area contributed by atoms with E-state index >= 15 is 0 Å². The number of rotatable bonds is 3. The van der Waals surface area contributed by atoms with Crippen molar-refractivity contribution in [2.75, 3.05) is 19.8 Å². The first-order valence-electron chi connectivity index (χ1n) is 6.27. The summed E-state index contributed by atoms with van der Waals surface area (Å²) in [7, 11) is 0. The van der Waals surface area contributed by atoms with Crippen LogP contribution in [0.1, 0.15) is 22.8 Å². The van der Waals surface area contributed by atoms with E-state index < -0.39 is 5.97 Å². The zero-order valence-corrected chi connectivity index (χ0v) is 10.8. The highest BCUT2D eigenvalue weighted by molar-refractivity contribution is 5.88. The van der Waals surface area contributed by atoms with Crippen LogP contribution in [-0.2, 0) is 16.0 Å². The minimum atomic E-state index is -0.978. The molecule has 1 fully saturated rings. The first-order chi connectivity index (χ1) is 9.08. The van der Waals surface area contributed by atoms with Crippen molar-refractivity contribution in [3.8, 4) is 0 Å². The lowest BCUT2D eigenvalue weighted by atomic mass is 10.1. The molecule has 0 aromatic heterocycles. The average molecular weight is 263 g/mol. The molecule has 102 valence electrons. The second-order valence-electron chi connectivity index (χ2n) is 4.69. The van der Waals surface area contributed by atoms with E-state index in [9.17, 15) is 9.59 Å². The summed E-state index contributed by atoms with van der Waals surface area (Å²) in [6, 6.07) is 6.58. The summed E-state index contributed by atoms with van der Waals surface area (Å²) in [6.07, 6.45) is 0.228. The van der Waals surface area contributed by atoms with Crippen molar-refractivity contribution in [2.45, 2.75) is 19.4 Å². The molecule has 0 saturated carbocycles. The number of hydrogen-bond donors (Lipinski definition) is 1. The smallest absolute Gasteiger partial charge is 0.335 e. The molecule has 5 heteroatoms. The lowest BCUT2D eigenvalue weighted by Gasteiger charge is -2.33. The summed E-state index contributed by atoms with van der Waals surface area (Å²) in [5.74, 6) is -0.965. The summed E-state index contributed by atoms with van der Waals surface area (Å²) in [6.45, 7) is 3.66. The molecule has 0 radical (unpaired) electrons. The van der Waals surface area contributed by atoms with E-state index in [2.05, 4.69) is 0 Å². The average Bonchev–Trinajstić information content (AvgIpc) is 2.39. The SMILES string of the molecule is CC1COCCN1C(=O)Cc1cccc(C(=O)O)c1. The van der Waals surface area contributed by atoms with Crippen LogP contribution in [-0.4, -0.2) is 47.7 Å². The molecular formula is C14H17NO4. The van der Waals surface area contributed by atoms with E-state index in [1.54, 1.807) is 23.1 Å². The van der Waals surface area contributed by atoms with Gasteiger partial charge in [-0.05, 0) is 24.6 Å². The fourth-order valence-corrected chi connectivity index (χ4v) is 2.19. The van der Waals surface area contributed by atoms with Gasteiger partial charge in [0, 0.05) is 6.54 Å². The molecule has 1 aliphatic heterocycles. The molecule has 0 aliphatic carbocycles. The second kappa shape index (κ2) is 5.84. The Balaban J connectivity index is 2.06. The van der Waals surface area contributed by atoms with Crippen molar-refractivity contribution in [1.82, 2.24) is 4.90 Å². The van der Waals surface area contributed by atoms with Gasteiger partial charge in [0.05, 0.1) is 31.2 Å². The van der Waals surface area contributed by atoms with E-state index in [1.807, 2.05) is 6.92 Å². The third-order valence-electron chi connectivity index (χ3n) is 3.22. The molecule has 1 N–H and O–H groups in total. The van der Waals surface area contributed by atoms with Crippen molar-refractivity contribution in [3.63, 3.8) is 0 Å². The number of hydrogen-bond acceptors (Lipinski definition) is 3. The normalized spacial score (nSPS) is 19.2. The molecule has 1 amide bonds. The number of carbonyl (C=O) groups is 2. The lowest BCUT2D eigenvalue weighted by molar-refractivity contribution is -0.138. The maximum Gasteiger partial charge on any atom is 0.335 e. The maximum atomic E-state index is 12.2.